The average Bonchev–Trinajstić information content (AvgIpc) is 3.11. The van der Waals surface area contributed by atoms with E-state index in [1.54, 1.807) is 108 Å². The molecule has 0 atom stereocenters. The molecular weight excluding hydrogens is 662 g/mol. The number of ether oxygens (including phenoxy) is 2. The highest BCUT2D eigenvalue weighted by atomic mass is 16.6. The van der Waals surface area contributed by atoms with Crippen molar-refractivity contribution in [3.05, 3.63) is 114 Å². The van der Waals surface area contributed by atoms with Crippen LogP contribution in [0.4, 0.5) is 27.5 Å². The SMILES string of the molecule is Cc1cccc(N(C)C(=O)COc2ccccc2N(CC(=O)N(C)c2ccccc2)C(=O)CNC(=O)Nc2cccc(CC(=O)OC(C)(C)C)c2)c1. The number of benzene rings is 4. The number of aryl methyl sites for hydroxylation is 1. The molecule has 0 aliphatic rings. The van der Waals surface area contributed by atoms with Gasteiger partial charge in [0.2, 0.25) is 11.8 Å². The van der Waals surface area contributed by atoms with Crippen LogP contribution >= 0.6 is 0 Å². The number of esters is 1. The number of amides is 5. The first-order valence-corrected chi connectivity index (χ1v) is 16.7. The van der Waals surface area contributed by atoms with Crippen molar-refractivity contribution in [2.24, 2.45) is 0 Å². The third-order valence-electron chi connectivity index (χ3n) is 7.74. The molecule has 0 fully saturated rings. The van der Waals surface area contributed by atoms with E-state index in [0.29, 0.717) is 22.6 Å². The predicted molar refractivity (Wildman–Crippen MR) is 202 cm³/mol. The molecule has 12 heteroatoms. The first kappa shape index (κ1) is 38.6. The molecule has 272 valence electrons. The molecule has 0 saturated carbocycles. The largest absolute Gasteiger partial charge is 0.482 e. The van der Waals surface area contributed by atoms with Crippen molar-refractivity contribution in [2.75, 3.05) is 53.8 Å². The van der Waals surface area contributed by atoms with E-state index in [1.807, 2.05) is 37.3 Å². The monoisotopic (exact) mass is 707 g/mol. The van der Waals surface area contributed by atoms with Crippen LogP contribution in [-0.2, 0) is 30.3 Å². The maximum Gasteiger partial charge on any atom is 0.319 e. The summed E-state index contributed by atoms with van der Waals surface area (Å²) in [6.07, 6.45) is 0.0165. The molecule has 0 radical (unpaired) electrons. The van der Waals surface area contributed by atoms with Crippen molar-refractivity contribution in [1.29, 1.82) is 0 Å². The smallest absolute Gasteiger partial charge is 0.319 e. The van der Waals surface area contributed by atoms with Crippen LogP contribution in [0.3, 0.4) is 0 Å². The maximum absolute atomic E-state index is 13.8. The zero-order valence-corrected chi connectivity index (χ0v) is 30.3. The minimum atomic E-state index is -0.676. The molecule has 0 bridgehead atoms. The Hall–Kier alpha value is -6.17. The van der Waals surface area contributed by atoms with Gasteiger partial charge in [0.05, 0.1) is 18.7 Å². The molecule has 4 aromatic carbocycles. The highest BCUT2D eigenvalue weighted by Crippen LogP contribution is 2.29. The number of carbonyl (C=O) groups is 5. The molecule has 0 unspecified atom stereocenters. The summed E-state index contributed by atoms with van der Waals surface area (Å²) in [5.41, 5.74) is 2.98. The number of rotatable bonds is 13. The van der Waals surface area contributed by atoms with Crippen LogP contribution in [0.5, 0.6) is 5.75 Å². The summed E-state index contributed by atoms with van der Waals surface area (Å²) in [5, 5.41) is 5.23. The fourth-order valence-corrected chi connectivity index (χ4v) is 5.09. The lowest BCUT2D eigenvalue weighted by atomic mass is 10.1. The van der Waals surface area contributed by atoms with Crippen LogP contribution in [0.25, 0.3) is 0 Å². The van der Waals surface area contributed by atoms with Crippen LogP contribution < -0.4 is 30.1 Å². The molecule has 12 nitrogen and oxygen atoms in total. The minimum Gasteiger partial charge on any atom is -0.482 e. The Morgan fingerprint density at radius 2 is 1.37 bits per heavy atom. The van der Waals surface area contributed by atoms with Gasteiger partial charge >= 0.3 is 12.0 Å². The Morgan fingerprint density at radius 3 is 2.08 bits per heavy atom. The highest BCUT2D eigenvalue weighted by molar-refractivity contribution is 6.06. The second kappa shape index (κ2) is 17.7. The third-order valence-corrected chi connectivity index (χ3v) is 7.74. The number of nitrogens with zero attached hydrogens (tertiary/aromatic N) is 3. The van der Waals surface area contributed by atoms with Crippen molar-refractivity contribution in [1.82, 2.24) is 5.32 Å². The van der Waals surface area contributed by atoms with Crippen molar-refractivity contribution < 1.29 is 33.4 Å². The van der Waals surface area contributed by atoms with E-state index in [1.165, 1.54) is 14.7 Å². The van der Waals surface area contributed by atoms with Gasteiger partial charge in [-0.25, -0.2) is 4.79 Å². The van der Waals surface area contributed by atoms with E-state index in [0.717, 1.165) is 5.56 Å². The molecule has 4 aromatic rings. The Kier molecular flexibility index (Phi) is 13.1. The summed E-state index contributed by atoms with van der Waals surface area (Å²) in [4.78, 5) is 69.8. The number of hydrogen-bond acceptors (Lipinski definition) is 7. The molecular formula is C40H45N5O7. The number of urea groups is 1. The quantitative estimate of drug-likeness (QED) is 0.169. The minimum absolute atomic E-state index is 0.0165. The van der Waals surface area contributed by atoms with Gasteiger partial charge in [0.15, 0.2) is 6.61 Å². The molecule has 0 aliphatic carbocycles. The molecule has 52 heavy (non-hydrogen) atoms. The average molecular weight is 708 g/mol. The maximum atomic E-state index is 13.8. The van der Waals surface area contributed by atoms with Crippen molar-refractivity contribution in [3.63, 3.8) is 0 Å². The van der Waals surface area contributed by atoms with Gasteiger partial charge in [-0.15, -0.1) is 0 Å². The normalized spacial score (nSPS) is 10.8. The summed E-state index contributed by atoms with van der Waals surface area (Å²) < 4.78 is 11.3. The molecule has 0 spiro atoms. The Bertz CT molecular complexity index is 1890. The Morgan fingerprint density at radius 1 is 0.712 bits per heavy atom. The van der Waals surface area contributed by atoms with Gasteiger partial charge in [-0.3, -0.25) is 24.1 Å². The van der Waals surface area contributed by atoms with E-state index in [9.17, 15) is 24.0 Å². The fraction of sp³-hybridized carbons (Fsp3) is 0.275. The van der Waals surface area contributed by atoms with Crippen molar-refractivity contribution >= 4 is 52.5 Å². The molecule has 0 saturated heterocycles. The standard InChI is InChI=1S/C40H45N5O7/c1-28-14-12-19-32(22-28)44(6)37(48)27-51-34-21-11-10-20-33(34)45(26-36(47)43(5)31-17-8-7-9-18-31)35(46)25-41-39(50)42-30-16-13-15-29(23-30)24-38(49)52-40(2,3)4/h7-23H,24-27H2,1-6H3,(H2,41,42,50). The lowest BCUT2D eigenvalue weighted by molar-refractivity contribution is -0.154. The summed E-state index contributed by atoms with van der Waals surface area (Å²) in [7, 11) is 3.25. The first-order chi connectivity index (χ1) is 24.7. The summed E-state index contributed by atoms with van der Waals surface area (Å²) in [6, 6.07) is 29.1. The van der Waals surface area contributed by atoms with Gasteiger partial charge in [0.1, 0.15) is 17.9 Å². The highest BCUT2D eigenvalue weighted by Gasteiger charge is 2.26. The van der Waals surface area contributed by atoms with Gasteiger partial charge in [-0.05, 0) is 87.4 Å². The van der Waals surface area contributed by atoms with E-state index in [2.05, 4.69) is 10.6 Å². The lowest BCUT2D eigenvalue weighted by Crippen LogP contribution is -2.46. The van der Waals surface area contributed by atoms with Gasteiger partial charge in [-0.2, -0.15) is 0 Å². The van der Waals surface area contributed by atoms with Crippen molar-refractivity contribution in [3.8, 4) is 5.75 Å². The van der Waals surface area contributed by atoms with E-state index < -0.39 is 42.5 Å². The van der Waals surface area contributed by atoms with Gasteiger partial charge < -0.3 is 29.9 Å². The van der Waals surface area contributed by atoms with Gasteiger partial charge in [0, 0.05) is 31.2 Å². The number of anilines is 4. The molecule has 2 N–H and O–H groups in total. The fourth-order valence-electron chi connectivity index (χ4n) is 5.09. The number of carbonyl (C=O) groups excluding carboxylic acids is 5. The molecule has 0 heterocycles. The van der Waals surface area contributed by atoms with Gasteiger partial charge in [-0.1, -0.05) is 54.6 Å². The lowest BCUT2D eigenvalue weighted by Gasteiger charge is -2.27. The van der Waals surface area contributed by atoms with E-state index in [4.69, 9.17) is 9.47 Å². The van der Waals surface area contributed by atoms with E-state index in [-0.39, 0.29) is 30.4 Å². The molecule has 4 rings (SSSR count). The zero-order valence-electron chi connectivity index (χ0n) is 30.3. The predicted octanol–water partition coefficient (Wildman–Crippen LogP) is 5.74. The number of nitrogens with one attached hydrogen (secondary N) is 2. The molecule has 0 aromatic heterocycles. The van der Waals surface area contributed by atoms with Crippen LogP contribution in [0.15, 0.2) is 103 Å². The summed E-state index contributed by atoms with van der Waals surface area (Å²) in [5.74, 6) is -1.55. The number of hydrogen-bond donors (Lipinski definition) is 2. The van der Waals surface area contributed by atoms with Crippen LogP contribution in [0.2, 0.25) is 0 Å². The summed E-state index contributed by atoms with van der Waals surface area (Å²) in [6.45, 7) is 6.08. The van der Waals surface area contributed by atoms with Crippen molar-refractivity contribution in [2.45, 2.75) is 39.7 Å². The topological polar surface area (TPSA) is 138 Å². The van der Waals surface area contributed by atoms with Crippen LogP contribution in [-0.4, -0.2) is 69.1 Å². The third kappa shape index (κ3) is 11.4. The Balaban J connectivity index is 1.49. The second-order valence-corrected chi connectivity index (χ2v) is 13.1. The van der Waals surface area contributed by atoms with Crippen LogP contribution in [0.1, 0.15) is 31.9 Å². The summed E-state index contributed by atoms with van der Waals surface area (Å²) >= 11 is 0. The zero-order chi connectivity index (χ0) is 37.8. The number of para-hydroxylation sites is 3. The first-order valence-electron chi connectivity index (χ1n) is 16.7. The van der Waals surface area contributed by atoms with Crippen LogP contribution in [0, 0.1) is 6.92 Å². The second-order valence-electron chi connectivity index (χ2n) is 13.1. The molecule has 5 amide bonds. The van der Waals surface area contributed by atoms with Gasteiger partial charge in [0.25, 0.3) is 5.91 Å². The number of likely N-dealkylation sites (N-methyl/N-ethyl adjacent to an activating group) is 2. The Labute approximate surface area is 304 Å². The molecule has 0 aliphatic heterocycles. The van der Waals surface area contributed by atoms with E-state index >= 15 is 0 Å².